The van der Waals surface area contributed by atoms with E-state index in [0.29, 0.717) is 29.7 Å². The van der Waals surface area contributed by atoms with Crippen LogP contribution in [0.4, 0.5) is 8.78 Å². The summed E-state index contributed by atoms with van der Waals surface area (Å²) in [6, 6.07) is 3.67. The van der Waals surface area contributed by atoms with Gasteiger partial charge < -0.3 is 5.73 Å². The Balaban J connectivity index is 2.01. The fourth-order valence-electron chi connectivity index (χ4n) is 3.53. The van der Waals surface area contributed by atoms with Gasteiger partial charge in [0.15, 0.2) is 0 Å². The van der Waals surface area contributed by atoms with Crippen LogP contribution in [0, 0.1) is 29.4 Å². The van der Waals surface area contributed by atoms with Crippen LogP contribution in [0.15, 0.2) is 18.2 Å². The lowest BCUT2D eigenvalue weighted by Crippen LogP contribution is -2.37. The molecule has 0 heterocycles. The van der Waals surface area contributed by atoms with E-state index in [1.165, 1.54) is 18.6 Å². The predicted molar refractivity (Wildman–Crippen MR) is 73.7 cm³/mol. The summed E-state index contributed by atoms with van der Waals surface area (Å²) in [4.78, 5) is 0. The van der Waals surface area contributed by atoms with Gasteiger partial charge in [-0.15, -0.1) is 0 Å². The minimum Gasteiger partial charge on any atom is -0.327 e. The molecule has 1 aromatic rings. The average Bonchev–Trinajstić information content (AvgIpc) is 2.25. The predicted octanol–water partition coefficient (Wildman–Crippen LogP) is 3.91. The molecular weight excluding hydrogens is 244 g/mol. The van der Waals surface area contributed by atoms with Crippen LogP contribution >= 0.6 is 0 Å². The second kappa shape index (κ2) is 6.00. The summed E-state index contributed by atoms with van der Waals surface area (Å²) in [7, 11) is 0. The van der Waals surface area contributed by atoms with Gasteiger partial charge >= 0.3 is 0 Å². The third-order valence-corrected chi connectivity index (χ3v) is 4.21. The highest BCUT2D eigenvalue weighted by Gasteiger charge is 2.28. The molecular formula is C16H23F2N. The Labute approximate surface area is 114 Å². The van der Waals surface area contributed by atoms with Gasteiger partial charge in [0.05, 0.1) is 0 Å². The zero-order valence-electron chi connectivity index (χ0n) is 11.7. The molecule has 19 heavy (non-hydrogen) atoms. The van der Waals surface area contributed by atoms with Gasteiger partial charge in [0.25, 0.3) is 0 Å². The Morgan fingerprint density at radius 1 is 1.05 bits per heavy atom. The van der Waals surface area contributed by atoms with Crippen molar-refractivity contribution in [3.05, 3.63) is 35.4 Å². The first-order valence-electron chi connectivity index (χ1n) is 7.14. The molecule has 106 valence electrons. The van der Waals surface area contributed by atoms with Crippen molar-refractivity contribution >= 4 is 0 Å². The summed E-state index contributed by atoms with van der Waals surface area (Å²) in [6.07, 6.45) is 4.07. The quantitative estimate of drug-likeness (QED) is 0.883. The highest BCUT2D eigenvalue weighted by Crippen LogP contribution is 2.34. The first-order valence-corrected chi connectivity index (χ1v) is 7.14. The van der Waals surface area contributed by atoms with Crippen molar-refractivity contribution in [1.82, 2.24) is 0 Å². The fourth-order valence-corrected chi connectivity index (χ4v) is 3.53. The second-order valence-corrected chi connectivity index (χ2v) is 6.32. The topological polar surface area (TPSA) is 26.0 Å². The second-order valence-electron chi connectivity index (χ2n) is 6.32. The van der Waals surface area contributed by atoms with Gasteiger partial charge in [0, 0.05) is 12.1 Å². The van der Waals surface area contributed by atoms with Crippen molar-refractivity contribution < 1.29 is 8.78 Å². The summed E-state index contributed by atoms with van der Waals surface area (Å²) < 4.78 is 26.3. The molecule has 1 saturated carbocycles. The van der Waals surface area contributed by atoms with Crippen molar-refractivity contribution in [1.29, 1.82) is 0 Å². The number of hydrogen-bond donors (Lipinski definition) is 1. The maximum atomic E-state index is 13.2. The third kappa shape index (κ3) is 4.00. The smallest absolute Gasteiger partial charge is 0.126 e. The highest BCUT2D eigenvalue weighted by atomic mass is 19.1. The lowest BCUT2D eigenvalue weighted by Gasteiger charge is -2.35. The molecule has 2 N–H and O–H groups in total. The Morgan fingerprint density at radius 3 is 2.11 bits per heavy atom. The van der Waals surface area contributed by atoms with Crippen molar-refractivity contribution in [2.45, 2.75) is 45.6 Å². The molecule has 0 aliphatic heterocycles. The van der Waals surface area contributed by atoms with Gasteiger partial charge in [-0.05, 0) is 61.1 Å². The lowest BCUT2D eigenvalue weighted by atomic mass is 9.73. The fraction of sp³-hybridized carbons (Fsp3) is 0.625. The Hall–Kier alpha value is -0.960. The molecule has 1 aliphatic rings. The van der Waals surface area contributed by atoms with Crippen LogP contribution in [0.5, 0.6) is 0 Å². The molecule has 1 fully saturated rings. The number of rotatable bonds is 3. The zero-order valence-corrected chi connectivity index (χ0v) is 11.7. The molecule has 3 heteroatoms. The maximum absolute atomic E-state index is 13.2. The Morgan fingerprint density at radius 2 is 1.58 bits per heavy atom. The normalized spacial score (nSPS) is 29.2. The van der Waals surface area contributed by atoms with Crippen molar-refractivity contribution in [3.63, 3.8) is 0 Å². The van der Waals surface area contributed by atoms with E-state index in [1.54, 1.807) is 0 Å². The Kier molecular flexibility index (Phi) is 4.56. The van der Waals surface area contributed by atoms with Crippen LogP contribution in [-0.4, -0.2) is 6.04 Å². The molecule has 0 radical (unpaired) electrons. The SMILES string of the molecule is CC1CC(C)CC(C(N)Cc2cc(F)cc(F)c2)C1. The molecule has 1 aliphatic carbocycles. The van der Waals surface area contributed by atoms with Crippen LogP contribution in [-0.2, 0) is 6.42 Å². The van der Waals surface area contributed by atoms with E-state index in [-0.39, 0.29) is 6.04 Å². The molecule has 1 aromatic carbocycles. The first kappa shape index (κ1) is 14.4. The van der Waals surface area contributed by atoms with Gasteiger partial charge in [0.2, 0.25) is 0 Å². The van der Waals surface area contributed by atoms with E-state index in [4.69, 9.17) is 5.73 Å². The zero-order chi connectivity index (χ0) is 14.0. The summed E-state index contributed by atoms with van der Waals surface area (Å²) in [5.41, 5.74) is 6.92. The van der Waals surface area contributed by atoms with Crippen molar-refractivity contribution in [2.75, 3.05) is 0 Å². The molecule has 3 unspecified atom stereocenters. The van der Waals surface area contributed by atoms with Crippen molar-refractivity contribution in [2.24, 2.45) is 23.5 Å². The summed E-state index contributed by atoms with van der Waals surface area (Å²) in [5, 5.41) is 0. The van der Waals surface area contributed by atoms with E-state index >= 15 is 0 Å². The summed E-state index contributed by atoms with van der Waals surface area (Å²) in [5.74, 6) is 0.818. The van der Waals surface area contributed by atoms with E-state index in [9.17, 15) is 8.78 Å². The van der Waals surface area contributed by atoms with Crippen molar-refractivity contribution in [3.8, 4) is 0 Å². The van der Waals surface area contributed by atoms with Crippen LogP contribution in [0.2, 0.25) is 0 Å². The summed E-state index contributed by atoms with van der Waals surface area (Å²) >= 11 is 0. The van der Waals surface area contributed by atoms with Crippen LogP contribution in [0.3, 0.4) is 0 Å². The number of hydrogen-bond acceptors (Lipinski definition) is 1. The standard InChI is InChI=1S/C16H23F2N/c1-10-3-11(2)5-13(4-10)16(19)8-12-6-14(17)9-15(18)7-12/h6-7,9-11,13,16H,3-5,8,19H2,1-2H3. The largest absolute Gasteiger partial charge is 0.327 e. The van der Waals surface area contributed by atoms with Gasteiger partial charge in [-0.3, -0.25) is 0 Å². The minimum absolute atomic E-state index is 0.00796. The third-order valence-electron chi connectivity index (χ3n) is 4.21. The summed E-state index contributed by atoms with van der Waals surface area (Å²) in [6.45, 7) is 4.52. The van der Waals surface area contributed by atoms with E-state index in [2.05, 4.69) is 13.8 Å². The van der Waals surface area contributed by atoms with E-state index in [1.807, 2.05) is 0 Å². The Bertz CT molecular complexity index is 403. The monoisotopic (exact) mass is 267 g/mol. The highest BCUT2D eigenvalue weighted by molar-refractivity contribution is 5.19. The molecule has 0 spiro atoms. The number of halogens is 2. The van der Waals surface area contributed by atoms with Gasteiger partial charge in [-0.1, -0.05) is 13.8 Å². The molecule has 3 atom stereocenters. The maximum Gasteiger partial charge on any atom is 0.126 e. The number of benzene rings is 1. The molecule has 0 aromatic heterocycles. The molecule has 1 nitrogen and oxygen atoms in total. The van der Waals surface area contributed by atoms with E-state index < -0.39 is 11.6 Å². The molecule has 0 amide bonds. The molecule has 0 saturated heterocycles. The minimum atomic E-state index is -0.521. The van der Waals surface area contributed by atoms with Gasteiger partial charge in [-0.2, -0.15) is 0 Å². The molecule has 0 bridgehead atoms. The average molecular weight is 267 g/mol. The lowest BCUT2D eigenvalue weighted by molar-refractivity contribution is 0.192. The van der Waals surface area contributed by atoms with Gasteiger partial charge in [0.1, 0.15) is 11.6 Å². The van der Waals surface area contributed by atoms with E-state index in [0.717, 1.165) is 18.9 Å². The first-order chi connectivity index (χ1) is 8.94. The van der Waals surface area contributed by atoms with Gasteiger partial charge in [-0.25, -0.2) is 8.78 Å². The van der Waals surface area contributed by atoms with Crippen LogP contribution in [0.25, 0.3) is 0 Å². The molecule has 2 rings (SSSR count). The van der Waals surface area contributed by atoms with Crippen LogP contribution < -0.4 is 5.73 Å². The number of nitrogens with two attached hydrogens (primary N) is 1. The van der Waals surface area contributed by atoms with Crippen LogP contribution in [0.1, 0.15) is 38.7 Å².